The van der Waals surface area contributed by atoms with E-state index in [4.69, 9.17) is 0 Å². The summed E-state index contributed by atoms with van der Waals surface area (Å²) in [6.45, 7) is 5.04. The monoisotopic (exact) mass is 465 g/mol. The fourth-order valence-corrected chi connectivity index (χ4v) is 3.95. The first kappa shape index (κ1) is 23.4. The predicted molar refractivity (Wildman–Crippen MR) is 121 cm³/mol. The summed E-state index contributed by atoms with van der Waals surface area (Å²) in [5.41, 5.74) is 2.37. The largest absolute Gasteiger partial charge is 0.433 e. The number of hydrogen-bond acceptors (Lipinski definition) is 6. The molecule has 0 spiro atoms. The lowest BCUT2D eigenvalue weighted by molar-refractivity contribution is -0.141. The molecule has 3 aromatic rings. The lowest BCUT2D eigenvalue weighted by Gasteiger charge is -2.29. The van der Waals surface area contributed by atoms with Crippen LogP contribution in [0, 0.1) is 18.3 Å². The molecule has 6 nitrogen and oxygen atoms in total. The van der Waals surface area contributed by atoms with Gasteiger partial charge in [0, 0.05) is 56.1 Å². The lowest BCUT2D eigenvalue weighted by atomic mass is 9.95. The standard InChI is InChI=1S/C25H22F3N5O/c1-16-2-3-18(22(34)10-17-4-5-31-23(11-17)25(26,27)28)13-21(16)20-12-19(14-29)24(32-15-20)33-8-6-30-7-9-33/h2-5,11-13,15,30H,6-10H2,1H3. The fourth-order valence-electron chi connectivity index (χ4n) is 3.95. The third kappa shape index (κ3) is 5.07. The number of carbonyl (C=O) groups excluding carboxylic acids is 1. The number of rotatable bonds is 5. The molecule has 1 N–H and O–H groups in total. The Labute approximate surface area is 195 Å². The van der Waals surface area contributed by atoms with E-state index in [9.17, 15) is 23.2 Å². The molecule has 1 aliphatic heterocycles. The van der Waals surface area contributed by atoms with Crippen LogP contribution in [-0.4, -0.2) is 41.9 Å². The van der Waals surface area contributed by atoms with E-state index in [0.717, 1.165) is 49.6 Å². The molecule has 0 bridgehead atoms. The van der Waals surface area contributed by atoms with Crippen molar-refractivity contribution in [1.29, 1.82) is 5.26 Å². The summed E-state index contributed by atoms with van der Waals surface area (Å²) in [5.74, 6) is 0.322. The van der Waals surface area contributed by atoms with E-state index >= 15 is 0 Å². The maximum absolute atomic E-state index is 12.9. The maximum Gasteiger partial charge on any atom is 0.433 e. The summed E-state index contributed by atoms with van der Waals surface area (Å²) in [6.07, 6.45) is -2.01. The third-order valence-electron chi connectivity index (χ3n) is 5.75. The molecule has 0 unspecified atom stereocenters. The van der Waals surface area contributed by atoms with E-state index < -0.39 is 11.9 Å². The minimum absolute atomic E-state index is 0.183. The van der Waals surface area contributed by atoms with E-state index in [1.54, 1.807) is 30.5 Å². The number of aryl methyl sites for hydroxylation is 1. The molecule has 1 aliphatic rings. The van der Waals surface area contributed by atoms with Crippen molar-refractivity contribution in [3.8, 4) is 17.2 Å². The van der Waals surface area contributed by atoms with Gasteiger partial charge in [-0.2, -0.15) is 18.4 Å². The Morgan fingerprint density at radius 1 is 1.15 bits per heavy atom. The van der Waals surface area contributed by atoms with E-state index in [-0.39, 0.29) is 17.8 Å². The average Bonchev–Trinajstić information content (AvgIpc) is 2.84. The minimum atomic E-state index is -4.57. The molecule has 1 fully saturated rings. The highest BCUT2D eigenvalue weighted by atomic mass is 19.4. The zero-order valence-electron chi connectivity index (χ0n) is 18.5. The highest BCUT2D eigenvalue weighted by molar-refractivity contribution is 5.98. The predicted octanol–water partition coefficient (Wildman–Crippen LogP) is 4.18. The fraction of sp³-hybridized carbons (Fsp3) is 0.280. The molecular formula is C25H22F3N5O. The van der Waals surface area contributed by atoms with Crippen molar-refractivity contribution in [1.82, 2.24) is 15.3 Å². The van der Waals surface area contributed by atoms with Crippen LogP contribution < -0.4 is 10.2 Å². The topological polar surface area (TPSA) is 81.9 Å². The quantitative estimate of drug-likeness (QED) is 0.570. The smallest absolute Gasteiger partial charge is 0.353 e. The molecule has 9 heteroatoms. The number of Topliss-reactive ketones (excluding diaryl/α,β-unsaturated/α-hetero) is 1. The van der Waals surface area contributed by atoms with Crippen LogP contribution in [0.1, 0.15) is 32.7 Å². The van der Waals surface area contributed by atoms with Crippen LogP contribution in [-0.2, 0) is 12.6 Å². The highest BCUT2D eigenvalue weighted by Crippen LogP contribution is 2.30. The Bertz CT molecular complexity index is 1260. The number of alkyl halides is 3. The molecule has 0 amide bonds. The molecule has 3 heterocycles. The van der Waals surface area contributed by atoms with Crippen molar-refractivity contribution in [3.63, 3.8) is 0 Å². The molecule has 34 heavy (non-hydrogen) atoms. The number of ketones is 1. The summed E-state index contributed by atoms with van der Waals surface area (Å²) >= 11 is 0. The summed E-state index contributed by atoms with van der Waals surface area (Å²) in [6, 6.07) is 11.4. The SMILES string of the molecule is Cc1ccc(C(=O)Cc2ccnc(C(F)(F)F)c2)cc1-c1cnc(N2CCNCC2)c(C#N)c1. The van der Waals surface area contributed by atoms with E-state index in [1.165, 1.54) is 6.07 Å². The normalized spacial score (nSPS) is 14.0. The Morgan fingerprint density at radius 2 is 1.91 bits per heavy atom. The van der Waals surface area contributed by atoms with Gasteiger partial charge in [0.15, 0.2) is 5.78 Å². The first-order valence-electron chi connectivity index (χ1n) is 10.8. The molecule has 1 saturated heterocycles. The van der Waals surface area contributed by atoms with Crippen molar-refractivity contribution < 1.29 is 18.0 Å². The second-order valence-electron chi connectivity index (χ2n) is 8.12. The number of benzene rings is 1. The lowest BCUT2D eigenvalue weighted by Crippen LogP contribution is -2.44. The van der Waals surface area contributed by atoms with Gasteiger partial charge < -0.3 is 10.2 Å². The molecule has 0 atom stereocenters. The van der Waals surface area contributed by atoms with Gasteiger partial charge in [-0.15, -0.1) is 0 Å². The molecule has 1 aromatic carbocycles. The summed E-state index contributed by atoms with van der Waals surface area (Å²) in [5, 5.41) is 13.0. The first-order chi connectivity index (χ1) is 16.3. The third-order valence-corrected chi connectivity index (χ3v) is 5.75. The van der Waals surface area contributed by atoms with Crippen molar-refractivity contribution in [2.24, 2.45) is 0 Å². The number of halogens is 3. The maximum atomic E-state index is 12.9. The van der Waals surface area contributed by atoms with Crippen molar-refractivity contribution in [2.75, 3.05) is 31.1 Å². The zero-order valence-corrected chi connectivity index (χ0v) is 18.5. The van der Waals surface area contributed by atoms with E-state index in [0.29, 0.717) is 22.5 Å². The van der Waals surface area contributed by atoms with Gasteiger partial charge in [0.2, 0.25) is 0 Å². The van der Waals surface area contributed by atoms with Gasteiger partial charge in [-0.05, 0) is 47.9 Å². The number of nitrogens with one attached hydrogen (secondary N) is 1. The van der Waals surface area contributed by atoms with Crippen LogP contribution >= 0.6 is 0 Å². The van der Waals surface area contributed by atoms with Crippen LogP contribution in [0.5, 0.6) is 0 Å². The number of pyridine rings is 2. The van der Waals surface area contributed by atoms with Gasteiger partial charge in [0.05, 0.1) is 5.56 Å². The number of hydrogen-bond donors (Lipinski definition) is 1. The number of nitriles is 1. The van der Waals surface area contributed by atoms with Gasteiger partial charge in [0.1, 0.15) is 17.6 Å². The van der Waals surface area contributed by atoms with Crippen LogP contribution in [0.4, 0.5) is 19.0 Å². The Morgan fingerprint density at radius 3 is 2.62 bits per heavy atom. The molecule has 0 radical (unpaired) electrons. The molecule has 2 aromatic heterocycles. The van der Waals surface area contributed by atoms with Crippen molar-refractivity contribution in [2.45, 2.75) is 19.5 Å². The van der Waals surface area contributed by atoms with Crippen LogP contribution in [0.2, 0.25) is 0 Å². The molecule has 0 saturated carbocycles. The molecular weight excluding hydrogens is 443 g/mol. The first-order valence-corrected chi connectivity index (χ1v) is 10.8. The van der Waals surface area contributed by atoms with Crippen molar-refractivity contribution in [3.05, 3.63) is 76.7 Å². The zero-order chi connectivity index (χ0) is 24.3. The van der Waals surface area contributed by atoms with E-state index in [1.807, 2.05) is 6.92 Å². The number of anilines is 1. The summed E-state index contributed by atoms with van der Waals surface area (Å²) in [7, 11) is 0. The molecule has 4 rings (SSSR count). The highest BCUT2D eigenvalue weighted by Gasteiger charge is 2.32. The van der Waals surface area contributed by atoms with Gasteiger partial charge >= 0.3 is 6.18 Å². The van der Waals surface area contributed by atoms with Gasteiger partial charge in [0.25, 0.3) is 0 Å². The average molecular weight is 465 g/mol. The molecule has 174 valence electrons. The van der Waals surface area contributed by atoms with Gasteiger partial charge in [-0.1, -0.05) is 12.1 Å². The van der Waals surface area contributed by atoms with Crippen LogP contribution in [0.25, 0.3) is 11.1 Å². The second kappa shape index (κ2) is 9.61. The summed E-state index contributed by atoms with van der Waals surface area (Å²) < 4.78 is 38.8. The second-order valence-corrected chi connectivity index (χ2v) is 8.12. The van der Waals surface area contributed by atoms with Gasteiger partial charge in [-0.3, -0.25) is 9.78 Å². The Kier molecular flexibility index (Phi) is 6.61. The number of nitrogens with zero attached hydrogens (tertiary/aromatic N) is 4. The van der Waals surface area contributed by atoms with Crippen molar-refractivity contribution >= 4 is 11.6 Å². The van der Waals surface area contributed by atoms with Crippen LogP contribution in [0.3, 0.4) is 0 Å². The Balaban J connectivity index is 1.61. The van der Waals surface area contributed by atoms with Gasteiger partial charge in [-0.25, -0.2) is 4.98 Å². The molecule has 0 aliphatic carbocycles. The number of carbonyl (C=O) groups is 1. The Hall–Kier alpha value is -3.77. The number of piperazine rings is 1. The number of aromatic nitrogens is 2. The minimum Gasteiger partial charge on any atom is -0.353 e. The van der Waals surface area contributed by atoms with E-state index in [2.05, 4.69) is 26.3 Å². The van der Waals surface area contributed by atoms with Crippen LogP contribution in [0.15, 0.2) is 48.8 Å². The summed E-state index contributed by atoms with van der Waals surface area (Å²) in [4.78, 5) is 22.8.